The van der Waals surface area contributed by atoms with Gasteiger partial charge in [0.2, 0.25) is 5.72 Å². The largest absolute Gasteiger partial charge is 0.461 e. The van der Waals surface area contributed by atoms with Crippen LogP contribution in [0.4, 0.5) is 10.2 Å². The first-order chi connectivity index (χ1) is 12.6. The average molecular weight is 385 g/mol. The molecule has 1 fully saturated rings. The molecule has 2 unspecified atom stereocenters. The van der Waals surface area contributed by atoms with Crippen LogP contribution < -0.4 is 17.2 Å². The molecule has 0 spiro atoms. The number of azide groups is 1. The van der Waals surface area contributed by atoms with E-state index in [0.717, 1.165) is 10.8 Å². The van der Waals surface area contributed by atoms with E-state index in [-0.39, 0.29) is 11.7 Å². The van der Waals surface area contributed by atoms with Crippen LogP contribution in [0.5, 0.6) is 0 Å². The van der Waals surface area contributed by atoms with Crippen molar-refractivity contribution in [1.29, 1.82) is 0 Å². The molecule has 1 aromatic heterocycles. The van der Waals surface area contributed by atoms with Crippen LogP contribution in [0, 0.1) is 5.92 Å². The standard InChI is InChI=1S/C14H20FN7O5/c1-6(2)9(17)12(24)26-5-14(20-21-18)10(23)8(15)11(27-14)22-4-3-7(16)19-13(22)25/h3-4,6,8-11,23H,5,17H2,1-2H3,(H2,16,19,25)/t8-,9?,10+,11-,14?/m1/s1. The van der Waals surface area contributed by atoms with E-state index >= 15 is 0 Å². The Morgan fingerprint density at radius 3 is 2.89 bits per heavy atom. The molecule has 27 heavy (non-hydrogen) atoms. The number of aliphatic hydroxyl groups excluding tert-OH is 1. The Hall–Kier alpha value is -2.73. The zero-order chi connectivity index (χ0) is 20.4. The highest BCUT2D eigenvalue weighted by Crippen LogP contribution is 2.40. The first-order valence-electron chi connectivity index (χ1n) is 7.96. The Morgan fingerprint density at radius 2 is 2.33 bits per heavy atom. The van der Waals surface area contributed by atoms with Gasteiger partial charge in [0.25, 0.3) is 0 Å². The lowest BCUT2D eigenvalue weighted by atomic mass is 10.1. The van der Waals surface area contributed by atoms with Gasteiger partial charge >= 0.3 is 11.7 Å². The molecule has 0 saturated carbocycles. The number of halogens is 1. The van der Waals surface area contributed by atoms with Gasteiger partial charge in [0.1, 0.15) is 24.6 Å². The van der Waals surface area contributed by atoms with Gasteiger partial charge in [-0.3, -0.25) is 9.36 Å². The molecule has 13 heteroatoms. The van der Waals surface area contributed by atoms with Crippen molar-refractivity contribution in [2.24, 2.45) is 16.8 Å². The molecular formula is C14H20FN7O5. The normalized spacial score (nSPS) is 28.6. The highest BCUT2D eigenvalue weighted by atomic mass is 19.1. The maximum Gasteiger partial charge on any atom is 0.351 e. The third-order valence-corrected chi connectivity index (χ3v) is 4.11. The second kappa shape index (κ2) is 7.88. The van der Waals surface area contributed by atoms with E-state index in [2.05, 4.69) is 15.0 Å². The fourth-order valence-electron chi connectivity index (χ4n) is 2.43. The minimum Gasteiger partial charge on any atom is -0.461 e. The minimum absolute atomic E-state index is 0.0943. The van der Waals surface area contributed by atoms with E-state index in [4.69, 9.17) is 26.5 Å². The number of aromatic nitrogens is 2. The zero-order valence-electron chi connectivity index (χ0n) is 14.6. The monoisotopic (exact) mass is 385 g/mol. The summed E-state index contributed by atoms with van der Waals surface area (Å²) in [4.78, 5) is 29.8. The van der Waals surface area contributed by atoms with Gasteiger partial charge in [-0.15, -0.1) is 0 Å². The molecule has 1 saturated heterocycles. The van der Waals surface area contributed by atoms with Gasteiger partial charge in [-0.05, 0) is 17.5 Å². The first kappa shape index (κ1) is 20.6. The number of esters is 1. The molecule has 0 bridgehead atoms. The van der Waals surface area contributed by atoms with Crippen molar-refractivity contribution in [2.45, 2.75) is 44.1 Å². The van der Waals surface area contributed by atoms with E-state index in [1.165, 1.54) is 6.07 Å². The number of nitrogens with zero attached hydrogens (tertiary/aromatic N) is 5. The number of rotatable bonds is 6. The van der Waals surface area contributed by atoms with Crippen LogP contribution in [-0.2, 0) is 14.3 Å². The number of nitrogen functional groups attached to an aromatic ring is 1. The van der Waals surface area contributed by atoms with Gasteiger partial charge in [-0.1, -0.05) is 19.0 Å². The lowest BCUT2D eigenvalue weighted by Crippen LogP contribution is -2.47. The Labute approximate surface area is 152 Å². The second-order valence-electron chi connectivity index (χ2n) is 6.35. The van der Waals surface area contributed by atoms with Gasteiger partial charge in [-0.25, -0.2) is 9.18 Å². The summed E-state index contributed by atoms with van der Waals surface area (Å²) < 4.78 is 25.7. The van der Waals surface area contributed by atoms with E-state index in [0.29, 0.717) is 0 Å². The topological polar surface area (TPSA) is 191 Å². The van der Waals surface area contributed by atoms with Crippen LogP contribution in [-0.4, -0.2) is 51.3 Å². The van der Waals surface area contributed by atoms with Crippen LogP contribution in [0.25, 0.3) is 10.4 Å². The molecule has 0 aliphatic carbocycles. The number of anilines is 1. The average Bonchev–Trinajstić information content (AvgIpc) is 2.85. The Bertz CT molecular complexity index is 811. The number of aliphatic hydroxyl groups is 1. The molecule has 0 amide bonds. The summed E-state index contributed by atoms with van der Waals surface area (Å²) in [6.45, 7) is 2.57. The summed E-state index contributed by atoms with van der Waals surface area (Å²) in [5.41, 5.74) is 16.6. The van der Waals surface area contributed by atoms with E-state index in [1.807, 2.05) is 0 Å². The van der Waals surface area contributed by atoms with Crippen LogP contribution in [0.15, 0.2) is 22.2 Å². The van der Waals surface area contributed by atoms with Crippen LogP contribution >= 0.6 is 0 Å². The number of carbonyl (C=O) groups excluding carboxylic acids is 1. The molecule has 5 atom stereocenters. The summed E-state index contributed by atoms with van der Waals surface area (Å²) in [5, 5.41) is 13.5. The Kier molecular flexibility index (Phi) is 6.01. The second-order valence-corrected chi connectivity index (χ2v) is 6.35. The van der Waals surface area contributed by atoms with Gasteiger partial charge < -0.3 is 26.0 Å². The Morgan fingerprint density at radius 1 is 1.67 bits per heavy atom. The van der Waals surface area contributed by atoms with Gasteiger partial charge in [0, 0.05) is 11.1 Å². The van der Waals surface area contributed by atoms with Crippen molar-refractivity contribution in [2.75, 3.05) is 12.3 Å². The fraction of sp³-hybridized carbons (Fsp3) is 0.643. The molecule has 1 aliphatic rings. The van der Waals surface area contributed by atoms with Crippen molar-refractivity contribution < 1.29 is 23.8 Å². The van der Waals surface area contributed by atoms with E-state index < -0.39 is 48.5 Å². The summed E-state index contributed by atoms with van der Waals surface area (Å²) in [7, 11) is 0. The highest BCUT2D eigenvalue weighted by Gasteiger charge is 2.57. The minimum atomic E-state index is -2.29. The van der Waals surface area contributed by atoms with Crippen molar-refractivity contribution >= 4 is 11.8 Å². The maximum absolute atomic E-state index is 14.6. The molecule has 12 nitrogen and oxygen atoms in total. The smallest absolute Gasteiger partial charge is 0.351 e. The summed E-state index contributed by atoms with van der Waals surface area (Å²) >= 11 is 0. The lowest BCUT2D eigenvalue weighted by molar-refractivity contribution is -0.167. The van der Waals surface area contributed by atoms with E-state index in [9.17, 15) is 19.1 Å². The molecule has 2 heterocycles. The Balaban J connectivity index is 2.30. The molecule has 1 aliphatic heterocycles. The molecule has 1 aromatic rings. The van der Waals surface area contributed by atoms with Crippen molar-refractivity contribution in [3.63, 3.8) is 0 Å². The molecule has 148 valence electrons. The summed E-state index contributed by atoms with van der Waals surface area (Å²) in [6, 6.07) is 0.242. The van der Waals surface area contributed by atoms with Crippen LogP contribution in [0.2, 0.25) is 0 Å². The molecule has 5 N–H and O–H groups in total. The van der Waals surface area contributed by atoms with Crippen LogP contribution in [0.1, 0.15) is 20.1 Å². The van der Waals surface area contributed by atoms with Gasteiger partial charge in [-0.2, -0.15) is 4.98 Å². The molecule has 0 aromatic carbocycles. The number of nitrogens with two attached hydrogens (primary N) is 2. The third-order valence-electron chi connectivity index (χ3n) is 4.11. The molecule has 0 radical (unpaired) electrons. The molecule has 2 rings (SSSR count). The number of hydrogen-bond donors (Lipinski definition) is 3. The number of hydrogen-bond acceptors (Lipinski definition) is 9. The number of ether oxygens (including phenoxy) is 2. The first-order valence-corrected chi connectivity index (χ1v) is 7.96. The SMILES string of the molecule is CC(C)C(N)C(=O)OCC1(N=[N+]=[N-])O[C@@H](n2ccc(N)nc2=O)[C@H](F)[C@@H]1O. The summed E-state index contributed by atoms with van der Waals surface area (Å²) in [5.74, 6) is -1.19. The van der Waals surface area contributed by atoms with Gasteiger partial charge in [0.15, 0.2) is 12.4 Å². The van der Waals surface area contributed by atoms with Crippen molar-refractivity contribution in [3.8, 4) is 0 Å². The fourth-order valence-corrected chi connectivity index (χ4v) is 2.43. The molecular weight excluding hydrogens is 365 g/mol. The maximum atomic E-state index is 14.6. The highest BCUT2D eigenvalue weighted by molar-refractivity contribution is 5.75. The number of carbonyl (C=O) groups is 1. The van der Waals surface area contributed by atoms with Gasteiger partial charge in [0.05, 0.1) is 0 Å². The predicted molar refractivity (Wildman–Crippen MR) is 89.6 cm³/mol. The zero-order valence-corrected chi connectivity index (χ0v) is 14.6. The van der Waals surface area contributed by atoms with E-state index in [1.54, 1.807) is 13.8 Å². The number of alkyl halides is 1. The van der Waals surface area contributed by atoms with Crippen LogP contribution in [0.3, 0.4) is 0 Å². The summed E-state index contributed by atoms with van der Waals surface area (Å²) in [6.07, 6.45) is -4.77. The van der Waals surface area contributed by atoms with Crippen molar-refractivity contribution in [1.82, 2.24) is 9.55 Å². The van der Waals surface area contributed by atoms with Crippen molar-refractivity contribution in [3.05, 3.63) is 33.2 Å². The predicted octanol–water partition coefficient (Wildman–Crippen LogP) is -0.414. The quantitative estimate of drug-likeness (QED) is 0.254. The third kappa shape index (κ3) is 4.01. The lowest BCUT2D eigenvalue weighted by Gasteiger charge is -2.27.